The Morgan fingerprint density at radius 1 is 1.33 bits per heavy atom. The first-order chi connectivity index (χ1) is 10.1. The third-order valence-electron chi connectivity index (χ3n) is 4.15. The number of nitrogens with one attached hydrogen (secondary N) is 1. The van der Waals surface area contributed by atoms with E-state index in [1.54, 1.807) is 17.9 Å². The number of likely N-dealkylation sites (N-methyl/N-ethyl adjacent to an activating group) is 1. The molecule has 1 N–H and O–H groups in total. The van der Waals surface area contributed by atoms with Gasteiger partial charge in [0, 0.05) is 27.2 Å². The van der Waals surface area contributed by atoms with Gasteiger partial charge in [0.2, 0.25) is 5.95 Å². The lowest BCUT2D eigenvalue weighted by Crippen LogP contribution is -2.37. The van der Waals surface area contributed by atoms with E-state index in [9.17, 15) is 4.79 Å². The highest BCUT2D eigenvalue weighted by Crippen LogP contribution is 2.11. The monoisotopic (exact) mass is 290 g/mol. The van der Waals surface area contributed by atoms with E-state index in [0.717, 1.165) is 13.1 Å². The normalized spacial score (nSPS) is 16.5. The zero-order valence-corrected chi connectivity index (χ0v) is 12.7. The van der Waals surface area contributed by atoms with Crippen molar-refractivity contribution in [3.05, 3.63) is 16.6 Å². The lowest BCUT2D eigenvalue weighted by molar-refractivity contribution is 0.234. The van der Waals surface area contributed by atoms with E-state index in [1.807, 2.05) is 11.9 Å². The summed E-state index contributed by atoms with van der Waals surface area (Å²) >= 11 is 0. The molecule has 7 heteroatoms. The third kappa shape index (κ3) is 2.92. The summed E-state index contributed by atoms with van der Waals surface area (Å²) in [6.45, 7) is 4.22. The number of aromatic amines is 1. The molecule has 2 aromatic rings. The number of hydrogen-bond donors (Lipinski definition) is 1. The number of rotatable bonds is 4. The summed E-state index contributed by atoms with van der Waals surface area (Å²) in [5, 5.41) is 4.62. The van der Waals surface area contributed by atoms with Crippen LogP contribution in [0.3, 0.4) is 0 Å². The summed E-state index contributed by atoms with van der Waals surface area (Å²) in [6, 6.07) is 0. The van der Waals surface area contributed by atoms with E-state index in [1.165, 1.54) is 32.4 Å². The Balaban J connectivity index is 1.73. The van der Waals surface area contributed by atoms with Crippen LogP contribution in [0.15, 0.2) is 11.0 Å². The quantitative estimate of drug-likeness (QED) is 0.892. The first-order valence-electron chi connectivity index (χ1n) is 7.50. The second kappa shape index (κ2) is 5.85. The van der Waals surface area contributed by atoms with Gasteiger partial charge in [0.15, 0.2) is 5.65 Å². The fourth-order valence-corrected chi connectivity index (χ4v) is 2.78. The zero-order chi connectivity index (χ0) is 14.8. The maximum absolute atomic E-state index is 12.0. The van der Waals surface area contributed by atoms with Gasteiger partial charge in [-0.15, -0.1) is 0 Å². The highest BCUT2D eigenvalue weighted by Gasteiger charge is 2.13. The second-order valence-electron chi connectivity index (χ2n) is 5.72. The number of fused-ring (bicyclic) bond motifs is 1. The molecule has 1 fully saturated rings. The number of aromatic nitrogens is 4. The molecule has 3 rings (SSSR count). The van der Waals surface area contributed by atoms with Crippen LogP contribution in [0.4, 0.5) is 5.95 Å². The zero-order valence-electron chi connectivity index (χ0n) is 12.7. The van der Waals surface area contributed by atoms with Crippen molar-refractivity contribution >= 4 is 17.0 Å². The molecule has 21 heavy (non-hydrogen) atoms. The van der Waals surface area contributed by atoms with Crippen LogP contribution in [0.2, 0.25) is 0 Å². The highest BCUT2D eigenvalue weighted by molar-refractivity contribution is 5.74. The van der Waals surface area contributed by atoms with Gasteiger partial charge in [0.25, 0.3) is 5.56 Å². The van der Waals surface area contributed by atoms with Gasteiger partial charge in [-0.2, -0.15) is 10.1 Å². The van der Waals surface area contributed by atoms with E-state index >= 15 is 0 Å². The molecular weight excluding hydrogens is 268 g/mol. The van der Waals surface area contributed by atoms with Gasteiger partial charge in [-0.05, 0) is 25.9 Å². The van der Waals surface area contributed by atoms with Crippen LogP contribution in [0.25, 0.3) is 11.0 Å². The van der Waals surface area contributed by atoms with Crippen LogP contribution in [-0.4, -0.2) is 57.9 Å². The molecule has 0 unspecified atom stereocenters. The van der Waals surface area contributed by atoms with Gasteiger partial charge in [-0.25, -0.2) is 0 Å². The second-order valence-corrected chi connectivity index (χ2v) is 5.72. The van der Waals surface area contributed by atoms with Crippen LogP contribution in [0.1, 0.15) is 19.3 Å². The van der Waals surface area contributed by atoms with Crippen LogP contribution in [0, 0.1) is 0 Å². The van der Waals surface area contributed by atoms with Crippen molar-refractivity contribution in [2.75, 3.05) is 38.1 Å². The summed E-state index contributed by atoms with van der Waals surface area (Å²) in [5.41, 5.74) is 0.492. The minimum atomic E-state index is -0.132. The summed E-state index contributed by atoms with van der Waals surface area (Å²) in [5.74, 6) is 0.605. The number of anilines is 1. The summed E-state index contributed by atoms with van der Waals surface area (Å²) < 4.78 is 1.63. The standard InChI is InChI=1S/C14H22N6O/c1-18(8-9-20-6-4-3-5-7-20)14-16-12-11(13(21)17-14)10-15-19(12)2/h10H,3-9H2,1-2H3,(H,16,17,21). The maximum atomic E-state index is 12.0. The molecule has 0 spiro atoms. The molecule has 2 aromatic heterocycles. The Kier molecular flexibility index (Phi) is 3.92. The molecule has 0 radical (unpaired) electrons. The SMILES string of the molecule is CN(CCN1CCCCC1)c1nc2c(cnn2C)c(=O)[nH]1. The Hall–Kier alpha value is -1.89. The fraction of sp³-hybridized carbons (Fsp3) is 0.643. The van der Waals surface area contributed by atoms with Crippen LogP contribution >= 0.6 is 0 Å². The smallest absolute Gasteiger partial charge is 0.263 e. The topological polar surface area (TPSA) is 70.1 Å². The van der Waals surface area contributed by atoms with Gasteiger partial charge < -0.3 is 9.80 Å². The molecule has 1 saturated heterocycles. The number of aryl methyl sites for hydroxylation is 1. The predicted octanol–water partition coefficient (Wildman–Crippen LogP) is 0.579. The Morgan fingerprint density at radius 3 is 2.86 bits per heavy atom. The van der Waals surface area contributed by atoms with Crippen molar-refractivity contribution < 1.29 is 0 Å². The van der Waals surface area contributed by atoms with Gasteiger partial charge in [-0.3, -0.25) is 14.5 Å². The number of piperidine rings is 1. The van der Waals surface area contributed by atoms with E-state index < -0.39 is 0 Å². The van der Waals surface area contributed by atoms with E-state index in [4.69, 9.17) is 0 Å². The predicted molar refractivity (Wildman–Crippen MR) is 82.7 cm³/mol. The van der Waals surface area contributed by atoms with E-state index in [-0.39, 0.29) is 5.56 Å². The largest absolute Gasteiger partial charge is 0.344 e. The molecule has 114 valence electrons. The minimum Gasteiger partial charge on any atom is -0.344 e. The molecule has 0 atom stereocenters. The number of likely N-dealkylation sites (tertiary alicyclic amines) is 1. The summed E-state index contributed by atoms with van der Waals surface area (Å²) in [7, 11) is 3.76. The van der Waals surface area contributed by atoms with Crippen molar-refractivity contribution in [1.82, 2.24) is 24.6 Å². The van der Waals surface area contributed by atoms with Crippen LogP contribution < -0.4 is 10.5 Å². The minimum absolute atomic E-state index is 0.132. The molecule has 3 heterocycles. The van der Waals surface area contributed by atoms with Gasteiger partial charge >= 0.3 is 0 Å². The number of nitrogens with zero attached hydrogens (tertiary/aromatic N) is 5. The number of H-pyrrole nitrogens is 1. The average Bonchev–Trinajstić information content (AvgIpc) is 2.88. The van der Waals surface area contributed by atoms with Crippen molar-refractivity contribution in [2.45, 2.75) is 19.3 Å². The van der Waals surface area contributed by atoms with Crippen molar-refractivity contribution in [3.63, 3.8) is 0 Å². The molecule has 0 amide bonds. The van der Waals surface area contributed by atoms with Gasteiger partial charge in [0.05, 0.1) is 6.20 Å². The van der Waals surface area contributed by atoms with Gasteiger partial charge in [-0.1, -0.05) is 6.42 Å². The van der Waals surface area contributed by atoms with Crippen molar-refractivity contribution in [1.29, 1.82) is 0 Å². The molecule has 0 saturated carbocycles. The lowest BCUT2D eigenvalue weighted by atomic mass is 10.1. The molecule has 1 aliphatic heterocycles. The Labute approximate surface area is 123 Å². The van der Waals surface area contributed by atoms with E-state index in [2.05, 4.69) is 20.0 Å². The Bertz CT molecular complexity index is 670. The first-order valence-corrected chi connectivity index (χ1v) is 7.50. The van der Waals surface area contributed by atoms with Crippen LogP contribution in [0.5, 0.6) is 0 Å². The van der Waals surface area contributed by atoms with Crippen molar-refractivity contribution in [3.8, 4) is 0 Å². The number of hydrogen-bond acceptors (Lipinski definition) is 5. The molecule has 0 aromatic carbocycles. The highest BCUT2D eigenvalue weighted by atomic mass is 16.1. The molecular formula is C14H22N6O. The Morgan fingerprint density at radius 2 is 2.10 bits per heavy atom. The summed E-state index contributed by atoms with van der Waals surface area (Å²) in [4.78, 5) is 23.9. The third-order valence-corrected chi connectivity index (χ3v) is 4.15. The van der Waals surface area contributed by atoms with Gasteiger partial charge in [0.1, 0.15) is 5.39 Å². The maximum Gasteiger partial charge on any atom is 0.263 e. The summed E-state index contributed by atoms with van der Waals surface area (Å²) in [6.07, 6.45) is 5.48. The fourth-order valence-electron chi connectivity index (χ4n) is 2.78. The van der Waals surface area contributed by atoms with Crippen molar-refractivity contribution in [2.24, 2.45) is 7.05 Å². The molecule has 7 nitrogen and oxygen atoms in total. The average molecular weight is 290 g/mol. The first kappa shape index (κ1) is 14.1. The van der Waals surface area contributed by atoms with Crippen LogP contribution in [-0.2, 0) is 7.05 Å². The molecule has 0 bridgehead atoms. The molecule has 1 aliphatic rings. The van der Waals surface area contributed by atoms with E-state index in [0.29, 0.717) is 17.0 Å². The lowest BCUT2D eigenvalue weighted by Gasteiger charge is -2.28. The molecule has 0 aliphatic carbocycles.